The van der Waals surface area contributed by atoms with Crippen molar-refractivity contribution in [3.8, 4) is 5.75 Å². The fourth-order valence-electron chi connectivity index (χ4n) is 1.43. The van der Waals surface area contributed by atoms with Crippen LogP contribution in [-0.2, 0) is 6.42 Å². The summed E-state index contributed by atoms with van der Waals surface area (Å²) in [5.74, 6) is 1.04. The van der Waals surface area contributed by atoms with E-state index in [1.54, 1.807) is 12.1 Å². The molecule has 0 atom stereocenters. The van der Waals surface area contributed by atoms with E-state index in [1.165, 1.54) is 0 Å². The number of nitrogens with zero attached hydrogens (tertiary/aromatic N) is 1. The number of benzene rings is 1. The van der Waals surface area contributed by atoms with Crippen LogP contribution in [0.1, 0.15) is 12.2 Å². The molecule has 3 N–H and O–H groups in total. The molecule has 4 heteroatoms. The Morgan fingerprint density at radius 3 is 3.07 bits per heavy atom. The number of aromatic hydroxyl groups is 1. The van der Waals surface area contributed by atoms with Gasteiger partial charge in [-0.15, -0.1) is 0 Å². The molecular formula is C10H12N2O2. The molecule has 0 aliphatic heterocycles. The van der Waals surface area contributed by atoms with Gasteiger partial charge in [0.1, 0.15) is 17.0 Å². The van der Waals surface area contributed by atoms with Crippen LogP contribution >= 0.6 is 0 Å². The van der Waals surface area contributed by atoms with Gasteiger partial charge in [0.05, 0.1) is 0 Å². The van der Waals surface area contributed by atoms with Crippen LogP contribution in [0.3, 0.4) is 0 Å². The molecule has 1 heterocycles. The molecule has 0 bridgehead atoms. The summed E-state index contributed by atoms with van der Waals surface area (Å²) in [6.07, 6.45) is 1.67. The Bertz CT molecular complexity index is 437. The van der Waals surface area contributed by atoms with Crippen molar-refractivity contribution in [2.24, 2.45) is 5.73 Å². The van der Waals surface area contributed by atoms with Crippen LogP contribution in [0.15, 0.2) is 22.7 Å². The topological polar surface area (TPSA) is 72.3 Å². The van der Waals surface area contributed by atoms with E-state index in [0.29, 0.717) is 12.1 Å². The first kappa shape index (κ1) is 9.02. The fourth-order valence-corrected chi connectivity index (χ4v) is 1.43. The zero-order valence-corrected chi connectivity index (χ0v) is 7.73. The Morgan fingerprint density at radius 2 is 2.29 bits per heavy atom. The maximum atomic E-state index is 9.21. The van der Waals surface area contributed by atoms with E-state index in [-0.39, 0.29) is 5.75 Å². The molecule has 14 heavy (non-hydrogen) atoms. The SMILES string of the molecule is NCCCc1onc2cc(O)ccc12. The lowest BCUT2D eigenvalue weighted by atomic mass is 10.1. The average Bonchev–Trinajstić information content (AvgIpc) is 2.57. The van der Waals surface area contributed by atoms with Gasteiger partial charge in [-0.3, -0.25) is 0 Å². The van der Waals surface area contributed by atoms with Gasteiger partial charge in [-0.1, -0.05) is 5.16 Å². The molecule has 0 saturated carbocycles. The van der Waals surface area contributed by atoms with Crippen LogP contribution in [0.4, 0.5) is 0 Å². The van der Waals surface area contributed by atoms with E-state index >= 15 is 0 Å². The van der Waals surface area contributed by atoms with Gasteiger partial charge in [0.2, 0.25) is 0 Å². The normalized spacial score (nSPS) is 10.9. The molecule has 0 aliphatic carbocycles. The zero-order valence-electron chi connectivity index (χ0n) is 7.73. The lowest BCUT2D eigenvalue weighted by Gasteiger charge is -1.94. The number of rotatable bonds is 3. The fraction of sp³-hybridized carbons (Fsp3) is 0.300. The van der Waals surface area contributed by atoms with Gasteiger partial charge in [0, 0.05) is 17.9 Å². The molecule has 2 aromatic rings. The van der Waals surface area contributed by atoms with Crippen LogP contribution in [0, 0.1) is 0 Å². The van der Waals surface area contributed by atoms with Gasteiger partial charge < -0.3 is 15.4 Å². The van der Waals surface area contributed by atoms with Crippen LogP contribution in [-0.4, -0.2) is 16.8 Å². The predicted molar refractivity (Wildman–Crippen MR) is 53.0 cm³/mol. The first-order valence-corrected chi connectivity index (χ1v) is 4.58. The van der Waals surface area contributed by atoms with Crippen molar-refractivity contribution < 1.29 is 9.63 Å². The first-order chi connectivity index (χ1) is 6.81. The molecule has 0 spiro atoms. The lowest BCUT2D eigenvalue weighted by Crippen LogP contribution is -1.99. The largest absolute Gasteiger partial charge is 0.508 e. The number of aryl methyl sites for hydroxylation is 1. The molecule has 0 unspecified atom stereocenters. The third kappa shape index (κ3) is 1.56. The second-order valence-corrected chi connectivity index (χ2v) is 3.20. The van der Waals surface area contributed by atoms with Crippen LogP contribution in [0.25, 0.3) is 10.9 Å². The molecule has 1 aromatic carbocycles. The van der Waals surface area contributed by atoms with Crippen molar-refractivity contribution in [3.63, 3.8) is 0 Å². The zero-order chi connectivity index (χ0) is 9.97. The van der Waals surface area contributed by atoms with E-state index in [1.807, 2.05) is 6.07 Å². The minimum atomic E-state index is 0.205. The van der Waals surface area contributed by atoms with Crippen molar-refractivity contribution in [1.82, 2.24) is 5.16 Å². The number of hydrogen-bond donors (Lipinski definition) is 2. The number of phenolic OH excluding ortho intramolecular Hbond substituents is 1. The van der Waals surface area contributed by atoms with E-state index in [0.717, 1.165) is 24.0 Å². The summed E-state index contributed by atoms with van der Waals surface area (Å²) in [6.45, 7) is 0.639. The Balaban J connectivity index is 2.37. The van der Waals surface area contributed by atoms with E-state index in [2.05, 4.69) is 5.16 Å². The van der Waals surface area contributed by atoms with Gasteiger partial charge in [0.15, 0.2) is 0 Å². The maximum absolute atomic E-state index is 9.21. The average molecular weight is 192 g/mol. The number of phenols is 1. The smallest absolute Gasteiger partial charge is 0.144 e. The standard InChI is InChI=1S/C10H12N2O2/c11-5-1-2-10-8-4-3-7(13)6-9(8)12-14-10/h3-4,6,13H,1-2,5,11H2. The third-order valence-electron chi connectivity index (χ3n) is 2.14. The van der Waals surface area contributed by atoms with Crippen molar-refractivity contribution in [2.75, 3.05) is 6.54 Å². The Hall–Kier alpha value is -1.55. The molecule has 0 radical (unpaired) electrons. The summed E-state index contributed by atoms with van der Waals surface area (Å²) in [5, 5.41) is 14.0. The quantitative estimate of drug-likeness (QED) is 0.771. The van der Waals surface area contributed by atoms with Crippen molar-refractivity contribution >= 4 is 10.9 Å². The van der Waals surface area contributed by atoms with Crippen LogP contribution in [0.5, 0.6) is 5.75 Å². The van der Waals surface area contributed by atoms with Crippen molar-refractivity contribution in [1.29, 1.82) is 0 Å². The van der Waals surface area contributed by atoms with Gasteiger partial charge in [0.25, 0.3) is 0 Å². The predicted octanol–water partition coefficient (Wildman–Crippen LogP) is 1.42. The number of aromatic nitrogens is 1. The molecule has 0 aliphatic rings. The highest BCUT2D eigenvalue weighted by Gasteiger charge is 2.07. The van der Waals surface area contributed by atoms with Gasteiger partial charge in [-0.05, 0) is 25.1 Å². The van der Waals surface area contributed by atoms with Crippen molar-refractivity contribution in [3.05, 3.63) is 24.0 Å². The lowest BCUT2D eigenvalue weighted by molar-refractivity contribution is 0.388. The molecule has 0 fully saturated rings. The summed E-state index contributed by atoms with van der Waals surface area (Å²) in [5.41, 5.74) is 6.10. The molecule has 74 valence electrons. The van der Waals surface area contributed by atoms with E-state index in [4.69, 9.17) is 10.3 Å². The van der Waals surface area contributed by atoms with Crippen molar-refractivity contribution in [2.45, 2.75) is 12.8 Å². The minimum absolute atomic E-state index is 0.205. The minimum Gasteiger partial charge on any atom is -0.508 e. The summed E-state index contributed by atoms with van der Waals surface area (Å²) in [6, 6.07) is 5.03. The Labute approximate surface area is 81.3 Å². The number of fused-ring (bicyclic) bond motifs is 1. The third-order valence-corrected chi connectivity index (χ3v) is 2.14. The summed E-state index contributed by atoms with van der Waals surface area (Å²) >= 11 is 0. The monoisotopic (exact) mass is 192 g/mol. The second-order valence-electron chi connectivity index (χ2n) is 3.20. The Kier molecular flexibility index (Phi) is 2.37. The second kappa shape index (κ2) is 3.67. The number of nitrogens with two attached hydrogens (primary N) is 1. The molecule has 4 nitrogen and oxygen atoms in total. The molecule has 0 saturated heterocycles. The van der Waals surface area contributed by atoms with Gasteiger partial charge in [-0.25, -0.2) is 0 Å². The highest BCUT2D eigenvalue weighted by atomic mass is 16.5. The molecular weight excluding hydrogens is 180 g/mol. The van der Waals surface area contributed by atoms with E-state index < -0.39 is 0 Å². The van der Waals surface area contributed by atoms with Crippen LogP contribution < -0.4 is 5.73 Å². The summed E-state index contributed by atoms with van der Waals surface area (Å²) in [7, 11) is 0. The van der Waals surface area contributed by atoms with Crippen LogP contribution in [0.2, 0.25) is 0 Å². The Morgan fingerprint density at radius 1 is 1.43 bits per heavy atom. The maximum Gasteiger partial charge on any atom is 0.144 e. The summed E-state index contributed by atoms with van der Waals surface area (Å²) in [4.78, 5) is 0. The molecule has 0 amide bonds. The highest BCUT2D eigenvalue weighted by molar-refractivity contribution is 5.81. The molecule has 2 rings (SSSR count). The first-order valence-electron chi connectivity index (χ1n) is 4.58. The number of hydrogen-bond acceptors (Lipinski definition) is 4. The highest BCUT2D eigenvalue weighted by Crippen LogP contribution is 2.23. The summed E-state index contributed by atoms with van der Waals surface area (Å²) < 4.78 is 5.16. The van der Waals surface area contributed by atoms with E-state index in [9.17, 15) is 5.11 Å². The van der Waals surface area contributed by atoms with Gasteiger partial charge in [-0.2, -0.15) is 0 Å². The van der Waals surface area contributed by atoms with Gasteiger partial charge >= 0.3 is 0 Å². The molecule has 1 aromatic heterocycles.